The number of furan rings is 1. The van der Waals surface area contributed by atoms with Crippen LogP contribution in [0.25, 0.3) is 122 Å². The van der Waals surface area contributed by atoms with Crippen LogP contribution in [-0.2, 0) is 0 Å². The molecule has 5 nitrogen and oxygen atoms in total. The molecule has 63 heavy (non-hydrogen) atoms. The molecule has 0 spiro atoms. The molecule has 0 aliphatic heterocycles. The second-order valence-electron chi connectivity index (χ2n) is 16.2. The van der Waals surface area contributed by atoms with E-state index in [1.165, 1.54) is 16.5 Å². The predicted molar refractivity (Wildman–Crippen MR) is 260 cm³/mol. The molecule has 5 heteroatoms. The van der Waals surface area contributed by atoms with Gasteiger partial charge in [0.1, 0.15) is 22.8 Å². The Hall–Kier alpha value is -8.54. The monoisotopic (exact) mass is 804 g/mol. The molecule has 0 unspecified atom stereocenters. The van der Waals surface area contributed by atoms with Crippen LogP contribution < -0.4 is 0 Å². The van der Waals surface area contributed by atoms with Gasteiger partial charge in [0.25, 0.3) is 0 Å². The number of aromatic nitrogens is 4. The molecule has 0 atom stereocenters. The van der Waals surface area contributed by atoms with Crippen molar-refractivity contribution < 1.29 is 4.42 Å². The van der Waals surface area contributed by atoms with Gasteiger partial charge in [0.05, 0.1) is 33.5 Å². The van der Waals surface area contributed by atoms with Crippen molar-refractivity contribution in [2.24, 2.45) is 0 Å². The molecule has 0 aliphatic carbocycles. The first-order chi connectivity index (χ1) is 31.2. The van der Waals surface area contributed by atoms with Gasteiger partial charge in [-0.2, -0.15) is 0 Å². The van der Waals surface area contributed by atoms with Gasteiger partial charge in [0.15, 0.2) is 0 Å². The average molecular weight is 805 g/mol. The smallest absolute Gasteiger partial charge is 0.138 e. The van der Waals surface area contributed by atoms with Gasteiger partial charge >= 0.3 is 0 Å². The summed E-state index contributed by atoms with van der Waals surface area (Å²) in [7, 11) is 0. The standard InChI is InChI=1S/C58H36N4O/c1-4-14-37(15-5-1)40-27-31-50-46(34-40)44-30-32-51-57(58(44)62(50)56-25-12-21-48(59-56)39-18-8-3-9-19-39)45-29-26-41(38-16-6-2-7-17-38)36-52(45)61(51)55-24-13-22-49(60-55)42-28-33-54-47(35-42)43-20-10-11-23-53(43)63-54/h1-36H. The van der Waals surface area contributed by atoms with Gasteiger partial charge in [-0.25, -0.2) is 9.97 Å². The molecule has 0 N–H and O–H groups in total. The lowest BCUT2D eigenvalue weighted by atomic mass is 10.0. The third-order valence-electron chi connectivity index (χ3n) is 12.5. The number of nitrogens with zero attached hydrogens (tertiary/aromatic N) is 4. The molecule has 0 radical (unpaired) electrons. The first-order valence-electron chi connectivity index (χ1n) is 21.3. The summed E-state index contributed by atoms with van der Waals surface area (Å²) in [4.78, 5) is 10.9. The van der Waals surface area contributed by atoms with E-state index < -0.39 is 0 Å². The first kappa shape index (κ1) is 35.2. The summed E-state index contributed by atoms with van der Waals surface area (Å²) in [5, 5.41) is 6.79. The fourth-order valence-electron chi connectivity index (χ4n) is 9.62. The molecule has 0 saturated heterocycles. The van der Waals surface area contributed by atoms with Crippen LogP contribution in [0.3, 0.4) is 0 Å². The summed E-state index contributed by atoms with van der Waals surface area (Å²) in [6.07, 6.45) is 0. The van der Waals surface area contributed by atoms with Gasteiger partial charge in [-0.3, -0.25) is 9.13 Å². The molecule has 0 saturated carbocycles. The van der Waals surface area contributed by atoms with E-state index in [2.05, 4.69) is 209 Å². The summed E-state index contributed by atoms with van der Waals surface area (Å²) in [5.41, 5.74) is 14.7. The summed E-state index contributed by atoms with van der Waals surface area (Å²) < 4.78 is 10.9. The Bertz CT molecular complexity index is 3900. The molecule has 8 aromatic carbocycles. The lowest BCUT2D eigenvalue weighted by Crippen LogP contribution is -2.00. The zero-order valence-corrected chi connectivity index (χ0v) is 34.0. The molecule has 13 aromatic rings. The Morgan fingerprint density at radius 3 is 1.60 bits per heavy atom. The van der Waals surface area contributed by atoms with Crippen LogP contribution in [0.15, 0.2) is 223 Å². The fraction of sp³-hybridized carbons (Fsp3) is 0. The van der Waals surface area contributed by atoms with E-state index in [0.717, 1.165) is 105 Å². The second kappa shape index (κ2) is 14.0. The summed E-state index contributed by atoms with van der Waals surface area (Å²) in [6, 6.07) is 77.2. The van der Waals surface area contributed by atoms with Crippen molar-refractivity contribution in [3.63, 3.8) is 0 Å². The third-order valence-corrected chi connectivity index (χ3v) is 12.5. The summed E-state index contributed by atoms with van der Waals surface area (Å²) in [5.74, 6) is 1.70. The number of pyridine rings is 2. The van der Waals surface area contributed by atoms with Crippen LogP contribution >= 0.6 is 0 Å². The van der Waals surface area contributed by atoms with Crippen molar-refractivity contribution in [2.45, 2.75) is 0 Å². The Balaban J connectivity index is 1.11. The number of para-hydroxylation sites is 1. The fourth-order valence-corrected chi connectivity index (χ4v) is 9.62. The molecular formula is C58H36N4O. The van der Waals surface area contributed by atoms with Crippen molar-refractivity contribution in [3.8, 4) is 56.4 Å². The van der Waals surface area contributed by atoms with Gasteiger partial charge in [-0.15, -0.1) is 0 Å². The lowest BCUT2D eigenvalue weighted by Gasteiger charge is -2.11. The van der Waals surface area contributed by atoms with Crippen molar-refractivity contribution in [3.05, 3.63) is 218 Å². The van der Waals surface area contributed by atoms with Crippen LogP contribution in [0.2, 0.25) is 0 Å². The highest BCUT2D eigenvalue weighted by Crippen LogP contribution is 2.44. The first-order valence-corrected chi connectivity index (χ1v) is 21.3. The largest absolute Gasteiger partial charge is 0.456 e. The topological polar surface area (TPSA) is 48.8 Å². The molecular weight excluding hydrogens is 769 g/mol. The zero-order chi connectivity index (χ0) is 41.4. The van der Waals surface area contributed by atoms with E-state index in [4.69, 9.17) is 14.4 Å². The molecule has 5 aromatic heterocycles. The number of fused-ring (bicyclic) bond motifs is 10. The quantitative estimate of drug-likeness (QED) is 0.168. The summed E-state index contributed by atoms with van der Waals surface area (Å²) in [6.45, 7) is 0. The lowest BCUT2D eigenvalue weighted by molar-refractivity contribution is 0.669. The van der Waals surface area contributed by atoms with E-state index in [9.17, 15) is 0 Å². The summed E-state index contributed by atoms with van der Waals surface area (Å²) >= 11 is 0. The number of hydrogen-bond donors (Lipinski definition) is 0. The van der Waals surface area contributed by atoms with E-state index in [-0.39, 0.29) is 0 Å². The maximum atomic E-state index is 6.20. The highest BCUT2D eigenvalue weighted by molar-refractivity contribution is 6.26. The molecule has 0 amide bonds. The van der Waals surface area contributed by atoms with E-state index in [0.29, 0.717) is 0 Å². The van der Waals surface area contributed by atoms with Crippen molar-refractivity contribution in [1.29, 1.82) is 0 Å². The number of benzene rings is 8. The maximum absolute atomic E-state index is 6.20. The Kier molecular flexibility index (Phi) is 7.84. The van der Waals surface area contributed by atoms with E-state index in [1.807, 2.05) is 18.2 Å². The van der Waals surface area contributed by atoms with Crippen molar-refractivity contribution >= 4 is 65.6 Å². The minimum Gasteiger partial charge on any atom is -0.456 e. The average Bonchev–Trinajstić information content (AvgIpc) is 4.02. The Morgan fingerprint density at radius 1 is 0.302 bits per heavy atom. The van der Waals surface area contributed by atoms with Gasteiger partial charge in [-0.05, 0) is 95.1 Å². The van der Waals surface area contributed by atoms with Crippen LogP contribution in [0.1, 0.15) is 0 Å². The van der Waals surface area contributed by atoms with Crippen LogP contribution in [0, 0.1) is 0 Å². The number of rotatable bonds is 6. The third kappa shape index (κ3) is 5.64. The van der Waals surface area contributed by atoms with Crippen molar-refractivity contribution in [2.75, 3.05) is 0 Å². The van der Waals surface area contributed by atoms with E-state index >= 15 is 0 Å². The number of hydrogen-bond acceptors (Lipinski definition) is 3. The van der Waals surface area contributed by atoms with Gasteiger partial charge in [0, 0.05) is 43.4 Å². The van der Waals surface area contributed by atoms with Gasteiger partial charge < -0.3 is 4.42 Å². The maximum Gasteiger partial charge on any atom is 0.138 e. The van der Waals surface area contributed by atoms with Crippen LogP contribution in [0.4, 0.5) is 0 Å². The van der Waals surface area contributed by atoms with Gasteiger partial charge in [-0.1, -0.05) is 146 Å². The van der Waals surface area contributed by atoms with E-state index in [1.54, 1.807) is 0 Å². The van der Waals surface area contributed by atoms with Crippen LogP contribution in [-0.4, -0.2) is 19.1 Å². The Labute approximate surface area is 362 Å². The highest BCUT2D eigenvalue weighted by Gasteiger charge is 2.23. The molecule has 13 rings (SSSR count). The zero-order valence-electron chi connectivity index (χ0n) is 34.0. The minimum absolute atomic E-state index is 0.840. The predicted octanol–water partition coefficient (Wildman–Crippen LogP) is 15.2. The van der Waals surface area contributed by atoms with Gasteiger partial charge in [0.2, 0.25) is 0 Å². The molecule has 294 valence electrons. The molecule has 0 aliphatic rings. The van der Waals surface area contributed by atoms with Crippen molar-refractivity contribution in [1.82, 2.24) is 19.1 Å². The second-order valence-corrected chi connectivity index (χ2v) is 16.2. The van der Waals surface area contributed by atoms with Crippen LogP contribution in [0.5, 0.6) is 0 Å². The molecule has 5 heterocycles. The Morgan fingerprint density at radius 2 is 0.857 bits per heavy atom. The normalized spacial score (nSPS) is 11.8. The molecule has 0 fully saturated rings. The molecule has 0 bridgehead atoms. The highest BCUT2D eigenvalue weighted by atomic mass is 16.3. The SMILES string of the molecule is c1ccc(-c2ccc3c(c2)c2ccc4c(c5ccc(-c6ccccc6)cc5n4-c4cccc(-c5ccc6oc7ccccc7c6c5)n4)c2n3-c2cccc(-c3ccccc3)n2)cc1. The minimum atomic E-state index is 0.840.